The maximum Gasteiger partial charge on any atom is 0.412 e. The number of fused-ring (bicyclic) bond motifs is 2. The number of carbonyl (C=O) groups excluding carboxylic acids is 4. The summed E-state index contributed by atoms with van der Waals surface area (Å²) < 4.78 is 31.4. The Bertz CT molecular complexity index is 1210. The van der Waals surface area contributed by atoms with Gasteiger partial charge in [-0.3, -0.25) is 19.1 Å². The second-order valence-corrected chi connectivity index (χ2v) is 15.2. The summed E-state index contributed by atoms with van der Waals surface area (Å²) in [6, 6.07) is -2.25. The minimum Gasteiger partial charge on any atom is -0.416 e. The van der Waals surface area contributed by atoms with Crippen LogP contribution in [0.3, 0.4) is 0 Å². The Morgan fingerprint density at radius 2 is 1.98 bits per heavy atom. The minimum atomic E-state index is -3.85. The number of hydrogen-bond donors (Lipinski definition) is 4. The molecule has 14 heteroatoms. The van der Waals surface area contributed by atoms with E-state index in [0.717, 1.165) is 6.42 Å². The van der Waals surface area contributed by atoms with Gasteiger partial charge in [0.15, 0.2) is 0 Å². The highest BCUT2D eigenvalue weighted by Crippen LogP contribution is 2.46. The summed E-state index contributed by atoms with van der Waals surface area (Å²) in [5.41, 5.74) is -1.48. The molecule has 2 aliphatic carbocycles. The van der Waals surface area contributed by atoms with Crippen molar-refractivity contribution in [3.8, 4) is 0 Å². The number of amides is 4. The van der Waals surface area contributed by atoms with E-state index in [2.05, 4.69) is 21.9 Å². The SMILES string of the molecule is C=C(C)OC(=O)N[C@@H]1C(=O)N2C[C@H](O)C[C@H]2C(=O)N[C@]2(C(=O)NS(=O)(=O)C3CC3)C[C@H]2/C=C\CCCSC1(C)C. The summed E-state index contributed by atoms with van der Waals surface area (Å²) in [6.07, 6.45) is 4.35. The highest BCUT2D eigenvalue weighted by molar-refractivity contribution is 8.00. The zero-order valence-electron chi connectivity index (χ0n) is 23.0. The van der Waals surface area contributed by atoms with Gasteiger partial charge in [0.1, 0.15) is 17.6 Å². The molecule has 0 aromatic heterocycles. The fourth-order valence-electron chi connectivity index (χ4n) is 5.16. The minimum absolute atomic E-state index is 0.0767. The number of carbonyl (C=O) groups is 4. The van der Waals surface area contributed by atoms with E-state index in [1.54, 1.807) is 0 Å². The largest absolute Gasteiger partial charge is 0.416 e. The number of nitrogens with zero attached hydrogens (tertiary/aromatic N) is 1. The van der Waals surface area contributed by atoms with Crippen molar-refractivity contribution in [3.63, 3.8) is 0 Å². The van der Waals surface area contributed by atoms with Gasteiger partial charge in [0.05, 0.1) is 17.1 Å². The number of aliphatic hydroxyl groups is 1. The Kier molecular flexibility index (Phi) is 8.63. The van der Waals surface area contributed by atoms with Crippen molar-refractivity contribution in [2.45, 2.75) is 93.0 Å². The third-order valence-corrected chi connectivity index (χ3v) is 10.9. The number of hydrogen-bond acceptors (Lipinski definition) is 9. The molecule has 0 bridgehead atoms. The van der Waals surface area contributed by atoms with Gasteiger partial charge in [-0.2, -0.15) is 11.8 Å². The van der Waals surface area contributed by atoms with Crippen molar-refractivity contribution >= 4 is 45.6 Å². The van der Waals surface area contributed by atoms with Crippen LogP contribution in [0.2, 0.25) is 0 Å². The summed E-state index contributed by atoms with van der Waals surface area (Å²) in [5.74, 6) is -1.69. The maximum atomic E-state index is 13.9. The molecule has 0 radical (unpaired) electrons. The molecule has 0 aromatic rings. The van der Waals surface area contributed by atoms with E-state index in [0.29, 0.717) is 25.0 Å². The monoisotopic (exact) mass is 598 g/mol. The van der Waals surface area contributed by atoms with Gasteiger partial charge < -0.3 is 25.4 Å². The molecule has 0 aromatic carbocycles. The number of rotatable bonds is 5. The molecule has 2 heterocycles. The Balaban J connectivity index is 1.63. The van der Waals surface area contributed by atoms with Crippen LogP contribution in [-0.4, -0.2) is 88.3 Å². The number of allylic oxidation sites excluding steroid dienone is 2. The molecule has 5 atom stereocenters. The Morgan fingerprint density at radius 3 is 2.62 bits per heavy atom. The predicted molar refractivity (Wildman–Crippen MR) is 148 cm³/mol. The van der Waals surface area contributed by atoms with Crippen LogP contribution in [0.5, 0.6) is 0 Å². The first-order valence-corrected chi connectivity index (χ1v) is 16.0. The molecule has 12 nitrogen and oxygen atoms in total. The molecule has 0 unspecified atom stereocenters. The topological polar surface area (TPSA) is 171 Å². The van der Waals surface area contributed by atoms with Crippen molar-refractivity contribution in [2.24, 2.45) is 5.92 Å². The molecule has 4 rings (SSSR count). The number of nitrogens with one attached hydrogen (secondary N) is 3. The van der Waals surface area contributed by atoms with Crippen LogP contribution in [0.15, 0.2) is 24.5 Å². The van der Waals surface area contributed by atoms with Crippen LogP contribution in [-0.2, 0) is 29.1 Å². The smallest absolute Gasteiger partial charge is 0.412 e. The van der Waals surface area contributed by atoms with Crippen LogP contribution in [0.4, 0.5) is 4.79 Å². The average Bonchev–Trinajstić information content (AvgIpc) is 3.76. The van der Waals surface area contributed by atoms with E-state index in [4.69, 9.17) is 4.74 Å². The Hall–Kier alpha value is -2.58. The lowest BCUT2D eigenvalue weighted by molar-refractivity contribution is -0.141. The molecule has 3 fully saturated rings. The third kappa shape index (κ3) is 6.65. The third-order valence-electron chi connectivity index (χ3n) is 7.66. The molecule has 4 aliphatic rings. The highest BCUT2D eigenvalue weighted by atomic mass is 32.2. The quantitative estimate of drug-likeness (QED) is 0.265. The van der Waals surface area contributed by atoms with E-state index >= 15 is 0 Å². The predicted octanol–water partition coefficient (Wildman–Crippen LogP) is 0.922. The van der Waals surface area contributed by atoms with E-state index in [-0.39, 0.29) is 25.1 Å². The Labute approximate surface area is 238 Å². The van der Waals surface area contributed by atoms with Crippen LogP contribution in [0, 0.1) is 5.92 Å². The lowest BCUT2D eigenvalue weighted by atomic mass is 10.0. The molecular formula is C26H38N4O8S2. The Morgan fingerprint density at radius 1 is 1.27 bits per heavy atom. The zero-order chi connectivity index (χ0) is 29.5. The fourth-order valence-corrected chi connectivity index (χ4v) is 7.68. The molecule has 2 aliphatic heterocycles. The fraction of sp³-hybridized carbons (Fsp3) is 0.692. The summed E-state index contributed by atoms with van der Waals surface area (Å²) in [6.45, 7) is 8.52. The van der Waals surface area contributed by atoms with Crippen molar-refractivity contribution in [1.82, 2.24) is 20.3 Å². The van der Waals surface area contributed by atoms with Crippen molar-refractivity contribution < 1.29 is 37.4 Å². The molecule has 0 spiro atoms. The number of ether oxygens (including phenoxy) is 1. The second kappa shape index (κ2) is 11.4. The summed E-state index contributed by atoms with van der Waals surface area (Å²) in [4.78, 5) is 54.6. The van der Waals surface area contributed by atoms with Crippen LogP contribution >= 0.6 is 11.8 Å². The first-order valence-electron chi connectivity index (χ1n) is 13.5. The van der Waals surface area contributed by atoms with Gasteiger partial charge >= 0.3 is 6.09 Å². The molecule has 1 saturated heterocycles. The van der Waals surface area contributed by atoms with E-state index in [9.17, 15) is 32.7 Å². The van der Waals surface area contributed by atoms with Gasteiger partial charge in [0.2, 0.25) is 21.8 Å². The summed E-state index contributed by atoms with van der Waals surface area (Å²) in [7, 11) is -3.85. The molecule has 2 saturated carbocycles. The van der Waals surface area contributed by atoms with E-state index in [1.807, 2.05) is 26.0 Å². The van der Waals surface area contributed by atoms with Gasteiger partial charge in [0.25, 0.3) is 5.91 Å². The van der Waals surface area contributed by atoms with Gasteiger partial charge in [0, 0.05) is 23.6 Å². The molecule has 40 heavy (non-hydrogen) atoms. The van der Waals surface area contributed by atoms with Gasteiger partial charge in [-0.1, -0.05) is 18.7 Å². The first kappa shape index (κ1) is 30.4. The van der Waals surface area contributed by atoms with Crippen molar-refractivity contribution in [3.05, 3.63) is 24.5 Å². The number of alkyl carbamates (subject to hydrolysis) is 1. The first-order chi connectivity index (χ1) is 18.7. The number of aliphatic hydroxyl groups excluding tert-OH is 1. The van der Waals surface area contributed by atoms with Crippen LogP contribution < -0.4 is 15.4 Å². The zero-order valence-corrected chi connectivity index (χ0v) is 24.6. The number of sulfonamides is 1. The standard InChI is InChI=1S/C26H38N4O8S2/c1-15(2)38-24(35)27-20-22(33)30-14-17(31)12-19(30)21(32)28-26(23(34)29-40(36,37)18-9-10-18)13-16(26)8-6-5-7-11-39-25(20,3)4/h6,8,16-20,31H,1,5,7,9-14H2,2-4H3,(H,27,35)(H,28,32)(H,29,34)/b8-6-/t16-,17-,19+,20-,26-/m1/s1. The molecule has 222 valence electrons. The lowest BCUT2D eigenvalue weighted by Crippen LogP contribution is -2.61. The summed E-state index contributed by atoms with van der Waals surface area (Å²) in [5, 5.41) is 15.2. The lowest BCUT2D eigenvalue weighted by Gasteiger charge is -2.37. The normalized spacial score (nSPS) is 33.2. The van der Waals surface area contributed by atoms with Gasteiger partial charge in [-0.05, 0) is 58.6 Å². The van der Waals surface area contributed by atoms with Crippen molar-refractivity contribution in [2.75, 3.05) is 12.3 Å². The van der Waals surface area contributed by atoms with Gasteiger partial charge in [-0.25, -0.2) is 13.2 Å². The second-order valence-electron chi connectivity index (χ2n) is 11.5. The van der Waals surface area contributed by atoms with E-state index in [1.165, 1.54) is 23.6 Å². The van der Waals surface area contributed by atoms with Crippen LogP contribution in [0.1, 0.15) is 59.3 Å². The van der Waals surface area contributed by atoms with Crippen molar-refractivity contribution in [1.29, 1.82) is 0 Å². The maximum absolute atomic E-state index is 13.9. The number of thioether (sulfide) groups is 1. The van der Waals surface area contributed by atoms with E-state index < -0.39 is 73.5 Å². The van der Waals surface area contributed by atoms with Crippen LogP contribution in [0.25, 0.3) is 0 Å². The molecule has 4 N–H and O–H groups in total. The van der Waals surface area contributed by atoms with Gasteiger partial charge in [-0.15, -0.1) is 0 Å². The molecular weight excluding hydrogens is 560 g/mol. The summed E-state index contributed by atoms with van der Waals surface area (Å²) >= 11 is 1.48. The average molecular weight is 599 g/mol. The molecule has 4 amide bonds. The highest BCUT2D eigenvalue weighted by Gasteiger charge is 2.62.